The molecule has 2 N–H and O–H groups in total. The Bertz CT molecular complexity index is 469. The van der Waals surface area contributed by atoms with Crippen LogP contribution >= 0.6 is 24.0 Å². The standard InChI is InChI=1S/C22H45N5O.HI/c1-6-23-21(24-11-8-13-27-14-9-12-26(5)15-16-27)25-18-19-10-7-17-28-20(19)22(2,3)4;/h19-20H,6-18H2,1-5H3,(H2,23,24,25);1H. The highest BCUT2D eigenvalue weighted by atomic mass is 127. The van der Waals surface area contributed by atoms with Gasteiger partial charge >= 0.3 is 0 Å². The lowest BCUT2D eigenvalue weighted by molar-refractivity contribution is -0.0823. The van der Waals surface area contributed by atoms with E-state index in [1.54, 1.807) is 0 Å². The molecule has 2 saturated heterocycles. The molecule has 6 nitrogen and oxygen atoms in total. The van der Waals surface area contributed by atoms with Crippen molar-refractivity contribution in [2.75, 3.05) is 66.0 Å². The first-order valence-electron chi connectivity index (χ1n) is 11.4. The van der Waals surface area contributed by atoms with E-state index in [1.165, 1.54) is 45.6 Å². The summed E-state index contributed by atoms with van der Waals surface area (Å²) in [5.41, 5.74) is 0.174. The van der Waals surface area contributed by atoms with Crippen LogP contribution in [0.15, 0.2) is 4.99 Å². The van der Waals surface area contributed by atoms with E-state index in [9.17, 15) is 0 Å². The summed E-state index contributed by atoms with van der Waals surface area (Å²) >= 11 is 0. The summed E-state index contributed by atoms with van der Waals surface area (Å²) in [5.74, 6) is 1.47. The molecule has 0 saturated carbocycles. The third-order valence-electron chi connectivity index (χ3n) is 5.88. The van der Waals surface area contributed by atoms with Gasteiger partial charge < -0.3 is 25.2 Å². The van der Waals surface area contributed by atoms with Crippen molar-refractivity contribution < 1.29 is 4.74 Å². The third kappa shape index (κ3) is 10.2. The van der Waals surface area contributed by atoms with Gasteiger partial charge in [-0.3, -0.25) is 4.99 Å². The van der Waals surface area contributed by atoms with Crippen molar-refractivity contribution in [3.8, 4) is 0 Å². The molecule has 0 spiro atoms. The predicted octanol–water partition coefficient (Wildman–Crippen LogP) is 3.03. The zero-order valence-corrected chi connectivity index (χ0v) is 21.8. The number of ether oxygens (including phenoxy) is 1. The lowest BCUT2D eigenvalue weighted by Crippen LogP contribution is -2.43. The maximum Gasteiger partial charge on any atom is 0.191 e. The van der Waals surface area contributed by atoms with Crippen LogP contribution in [0.2, 0.25) is 0 Å². The van der Waals surface area contributed by atoms with Crippen LogP contribution in [-0.4, -0.2) is 87.9 Å². The molecule has 0 aliphatic carbocycles. The molecule has 0 amide bonds. The van der Waals surface area contributed by atoms with Crippen molar-refractivity contribution in [1.29, 1.82) is 0 Å². The molecule has 2 rings (SSSR count). The zero-order chi connectivity index (χ0) is 20.4. The number of rotatable bonds is 7. The molecular weight excluding hydrogens is 477 g/mol. The van der Waals surface area contributed by atoms with Crippen LogP contribution in [0.3, 0.4) is 0 Å². The SMILES string of the molecule is CCNC(=NCC1CCCOC1C(C)(C)C)NCCCN1CCCN(C)CC1.I. The largest absolute Gasteiger partial charge is 0.377 e. The van der Waals surface area contributed by atoms with E-state index in [0.717, 1.165) is 45.0 Å². The fraction of sp³-hybridized carbons (Fsp3) is 0.955. The van der Waals surface area contributed by atoms with Crippen molar-refractivity contribution in [3.05, 3.63) is 0 Å². The predicted molar refractivity (Wildman–Crippen MR) is 134 cm³/mol. The molecule has 2 unspecified atom stereocenters. The summed E-state index contributed by atoms with van der Waals surface area (Å²) in [6.07, 6.45) is 5.11. The first-order valence-corrected chi connectivity index (χ1v) is 11.4. The molecule has 29 heavy (non-hydrogen) atoms. The Kier molecular flexibility index (Phi) is 13.0. The number of nitrogens with zero attached hydrogens (tertiary/aromatic N) is 3. The number of nitrogens with one attached hydrogen (secondary N) is 2. The minimum absolute atomic E-state index is 0. The second-order valence-electron chi connectivity index (χ2n) is 9.56. The quantitative estimate of drug-likeness (QED) is 0.233. The summed E-state index contributed by atoms with van der Waals surface area (Å²) in [6.45, 7) is 18.6. The van der Waals surface area contributed by atoms with Gasteiger partial charge in [0.2, 0.25) is 0 Å². The van der Waals surface area contributed by atoms with Crippen molar-refractivity contribution in [3.63, 3.8) is 0 Å². The fourth-order valence-electron chi connectivity index (χ4n) is 4.37. The molecule has 2 aliphatic heterocycles. The van der Waals surface area contributed by atoms with E-state index in [-0.39, 0.29) is 29.4 Å². The van der Waals surface area contributed by atoms with Crippen LogP contribution in [0.4, 0.5) is 0 Å². The molecule has 172 valence electrons. The number of hydrogen-bond donors (Lipinski definition) is 2. The van der Waals surface area contributed by atoms with E-state index in [0.29, 0.717) is 12.0 Å². The van der Waals surface area contributed by atoms with E-state index in [1.807, 2.05) is 0 Å². The van der Waals surface area contributed by atoms with Crippen molar-refractivity contribution in [2.24, 2.45) is 16.3 Å². The summed E-state index contributed by atoms with van der Waals surface area (Å²) < 4.78 is 6.11. The number of likely N-dealkylation sites (N-methyl/N-ethyl adjacent to an activating group) is 1. The highest BCUT2D eigenvalue weighted by Gasteiger charge is 2.35. The molecule has 2 aliphatic rings. The van der Waals surface area contributed by atoms with Crippen LogP contribution in [0.5, 0.6) is 0 Å². The number of aliphatic imine (C=N–C) groups is 1. The number of hydrogen-bond acceptors (Lipinski definition) is 4. The van der Waals surface area contributed by atoms with Crippen molar-refractivity contribution in [2.45, 2.75) is 59.5 Å². The Hall–Kier alpha value is -0.120. The highest BCUT2D eigenvalue weighted by molar-refractivity contribution is 14.0. The molecule has 0 bridgehead atoms. The summed E-state index contributed by atoms with van der Waals surface area (Å²) in [6, 6.07) is 0. The van der Waals surface area contributed by atoms with Crippen LogP contribution in [0.1, 0.15) is 53.4 Å². The Morgan fingerprint density at radius 2 is 1.90 bits per heavy atom. The Labute approximate surface area is 196 Å². The molecule has 0 aromatic rings. The molecule has 7 heteroatoms. The van der Waals surface area contributed by atoms with E-state index in [2.05, 4.69) is 55.2 Å². The maximum atomic E-state index is 6.11. The third-order valence-corrected chi connectivity index (χ3v) is 5.88. The second-order valence-corrected chi connectivity index (χ2v) is 9.56. The minimum atomic E-state index is 0. The van der Waals surface area contributed by atoms with Crippen LogP contribution in [0.25, 0.3) is 0 Å². The van der Waals surface area contributed by atoms with Gasteiger partial charge in [-0.2, -0.15) is 0 Å². The molecule has 2 fully saturated rings. The first-order chi connectivity index (χ1) is 13.4. The van der Waals surface area contributed by atoms with E-state index in [4.69, 9.17) is 9.73 Å². The van der Waals surface area contributed by atoms with E-state index >= 15 is 0 Å². The number of halogens is 1. The Balaban J connectivity index is 0.00000420. The highest BCUT2D eigenvalue weighted by Crippen LogP contribution is 2.34. The molecular formula is C22H46IN5O. The fourth-order valence-corrected chi connectivity index (χ4v) is 4.37. The van der Waals surface area contributed by atoms with Crippen molar-refractivity contribution >= 4 is 29.9 Å². The van der Waals surface area contributed by atoms with Crippen LogP contribution < -0.4 is 10.6 Å². The van der Waals surface area contributed by atoms with Gasteiger partial charge in [0.1, 0.15) is 0 Å². The van der Waals surface area contributed by atoms with Crippen molar-refractivity contribution in [1.82, 2.24) is 20.4 Å². The smallest absolute Gasteiger partial charge is 0.191 e. The number of guanidine groups is 1. The van der Waals surface area contributed by atoms with Gasteiger partial charge in [0.15, 0.2) is 5.96 Å². The minimum Gasteiger partial charge on any atom is -0.377 e. The molecule has 0 radical (unpaired) electrons. The molecule has 2 atom stereocenters. The van der Waals surface area contributed by atoms with Crippen LogP contribution in [0, 0.1) is 11.3 Å². The Morgan fingerprint density at radius 1 is 1.10 bits per heavy atom. The first kappa shape index (κ1) is 26.9. The average Bonchev–Trinajstić information content (AvgIpc) is 2.87. The average molecular weight is 524 g/mol. The van der Waals surface area contributed by atoms with Gasteiger partial charge in [0.25, 0.3) is 0 Å². The van der Waals surface area contributed by atoms with Gasteiger partial charge in [-0.25, -0.2) is 0 Å². The molecule has 0 aromatic heterocycles. The van der Waals surface area contributed by atoms with E-state index < -0.39 is 0 Å². The maximum absolute atomic E-state index is 6.11. The lowest BCUT2D eigenvalue weighted by Gasteiger charge is -2.39. The van der Waals surface area contributed by atoms with Gasteiger partial charge in [0.05, 0.1) is 6.10 Å². The molecule has 2 heterocycles. The topological polar surface area (TPSA) is 52.1 Å². The van der Waals surface area contributed by atoms with Gasteiger partial charge in [-0.15, -0.1) is 24.0 Å². The summed E-state index contributed by atoms with van der Waals surface area (Å²) in [5, 5.41) is 6.95. The normalized spacial score (nSPS) is 25.2. The monoisotopic (exact) mass is 523 g/mol. The zero-order valence-electron chi connectivity index (χ0n) is 19.5. The summed E-state index contributed by atoms with van der Waals surface area (Å²) in [4.78, 5) is 9.94. The van der Waals surface area contributed by atoms with Gasteiger partial charge in [0, 0.05) is 45.2 Å². The summed E-state index contributed by atoms with van der Waals surface area (Å²) in [7, 11) is 2.23. The second kappa shape index (κ2) is 14.0. The Morgan fingerprint density at radius 3 is 2.62 bits per heavy atom. The molecule has 0 aromatic carbocycles. The van der Waals surface area contributed by atoms with Gasteiger partial charge in [-0.05, 0) is 64.7 Å². The van der Waals surface area contributed by atoms with Crippen LogP contribution in [-0.2, 0) is 4.74 Å². The lowest BCUT2D eigenvalue weighted by atomic mass is 9.78. The van der Waals surface area contributed by atoms with Gasteiger partial charge in [-0.1, -0.05) is 20.8 Å².